The van der Waals surface area contributed by atoms with Gasteiger partial charge in [0.25, 0.3) is 0 Å². The first-order valence-electron chi connectivity index (χ1n) is 4.00. The van der Waals surface area contributed by atoms with Crippen molar-refractivity contribution < 1.29 is 10.2 Å². The zero-order valence-electron chi connectivity index (χ0n) is 7.27. The van der Waals surface area contributed by atoms with Gasteiger partial charge < -0.3 is 15.9 Å². The van der Waals surface area contributed by atoms with Crippen LogP contribution in [-0.4, -0.2) is 10.2 Å². The Morgan fingerprint density at radius 1 is 1.54 bits per heavy atom. The fourth-order valence-corrected chi connectivity index (χ4v) is 1.10. The van der Waals surface area contributed by atoms with Gasteiger partial charge in [0.15, 0.2) is 0 Å². The smallest absolute Gasteiger partial charge is 0.120 e. The summed E-state index contributed by atoms with van der Waals surface area (Å²) in [5.74, 6) is 0.129. The number of benzene rings is 1. The van der Waals surface area contributed by atoms with E-state index in [4.69, 9.17) is 10.8 Å². The van der Waals surface area contributed by atoms with Gasteiger partial charge in [-0.2, -0.15) is 0 Å². The van der Waals surface area contributed by atoms with Crippen molar-refractivity contribution >= 4 is 0 Å². The topological polar surface area (TPSA) is 66.5 Å². The Morgan fingerprint density at radius 3 is 2.77 bits per heavy atom. The fraction of sp³-hybridized carbons (Fsp3) is 0.200. The maximum absolute atomic E-state index is 9.42. The van der Waals surface area contributed by atoms with Gasteiger partial charge in [-0.25, -0.2) is 0 Å². The molecule has 0 aliphatic rings. The van der Waals surface area contributed by atoms with E-state index in [1.807, 2.05) is 0 Å². The number of nitrogens with two attached hydrogens (primary N) is 1. The van der Waals surface area contributed by atoms with Crippen molar-refractivity contribution in [3.63, 3.8) is 0 Å². The molecule has 0 bridgehead atoms. The first kappa shape index (κ1) is 9.77. The highest BCUT2D eigenvalue weighted by atomic mass is 16.3. The zero-order valence-corrected chi connectivity index (χ0v) is 7.27. The van der Waals surface area contributed by atoms with Crippen molar-refractivity contribution in [2.24, 2.45) is 5.73 Å². The van der Waals surface area contributed by atoms with Crippen LogP contribution in [-0.2, 0) is 6.61 Å². The Balaban J connectivity index is 3.10. The fourth-order valence-electron chi connectivity index (χ4n) is 1.10. The third-order valence-corrected chi connectivity index (χ3v) is 1.89. The minimum absolute atomic E-state index is 0.0584. The molecule has 1 rings (SSSR count). The van der Waals surface area contributed by atoms with E-state index in [1.54, 1.807) is 12.1 Å². The second-order valence-electron chi connectivity index (χ2n) is 2.81. The number of phenols is 1. The van der Waals surface area contributed by atoms with E-state index in [-0.39, 0.29) is 12.4 Å². The van der Waals surface area contributed by atoms with E-state index in [9.17, 15) is 5.11 Å². The third kappa shape index (κ3) is 2.08. The molecule has 1 aromatic rings. The van der Waals surface area contributed by atoms with Crippen LogP contribution in [0.2, 0.25) is 0 Å². The lowest BCUT2D eigenvalue weighted by Crippen LogP contribution is -2.07. The molecule has 4 N–H and O–H groups in total. The van der Waals surface area contributed by atoms with Gasteiger partial charge in [0, 0.05) is 5.56 Å². The van der Waals surface area contributed by atoms with Gasteiger partial charge in [0.05, 0.1) is 12.6 Å². The number of aliphatic hydroxyl groups is 1. The Hall–Kier alpha value is -1.32. The second-order valence-corrected chi connectivity index (χ2v) is 2.81. The predicted octanol–water partition coefficient (Wildman–Crippen LogP) is 1.07. The molecule has 13 heavy (non-hydrogen) atoms. The Morgan fingerprint density at radius 2 is 2.23 bits per heavy atom. The van der Waals surface area contributed by atoms with Crippen LogP contribution in [0, 0.1) is 0 Å². The summed E-state index contributed by atoms with van der Waals surface area (Å²) in [5.41, 5.74) is 6.97. The first-order chi connectivity index (χ1) is 6.19. The largest absolute Gasteiger partial charge is 0.508 e. The monoisotopic (exact) mass is 179 g/mol. The van der Waals surface area contributed by atoms with Crippen LogP contribution < -0.4 is 5.73 Å². The van der Waals surface area contributed by atoms with Crippen LogP contribution in [0.25, 0.3) is 0 Å². The van der Waals surface area contributed by atoms with Gasteiger partial charge in [-0.05, 0) is 17.7 Å². The highest BCUT2D eigenvalue weighted by Crippen LogP contribution is 2.24. The van der Waals surface area contributed by atoms with Crippen molar-refractivity contribution in [3.8, 4) is 5.75 Å². The molecule has 3 heteroatoms. The molecular formula is C10H13NO2. The molecule has 0 saturated carbocycles. The molecule has 0 aliphatic carbocycles. The Bertz CT molecular complexity index is 310. The van der Waals surface area contributed by atoms with Gasteiger partial charge >= 0.3 is 0 Å². The number of hydrogen-bond donors (Lipinski definition) is 3. The molecule has 70 valence electrons. The molecule has 1 aromatic carbocycles. The van der Waals surface area contributed by atoms with Crippen LogP contribution in [0.5, 0.6) is 5.75 Å². The quantitative estimate of drug-likeness (QED) is 0.608. The molecule has 0 spiro atoms. The number of aliphatic hydroxyl groups excluding tert-OH is 1. The molecule has 0 unspecified atom stereocenters. The van der Waals surface area contributed by atoms with Crippen molar-refractivity contribution in [1.29, 1.82) is 0 Å². The van der Waals surface area contributed by atoms with Crippen LogP contribution in [0.4, 0.5) is 0 Å². The SMILES string of the molecule is C=C[C@@H](N)c1cc(CO)ccc1O. The summed E-state index contributed by atoms with van der Waals surface area (Å²) in [5, 5.41) is 18.3. The van der Waals surface area contributed by atoms with E-state index in [1.165, 1.54) is 12.1 Å². The molecule has 0 saturated heterocycles. The Labute approximate surface area is 77.1 Å². The van der Waals surface area contributed by atoms with Gasteiger partial charge in [0.1, 0.15) is 5.75 Å². The summed E-state index contributed by atoms with van der Waals surface area (Å²) in [6.45, 7) is 3.48. The highest BCUT2D eigenvalue weighted by Gasteiger charge is 2.07. The molecule has 0 amide bonds. The first-order valence-corrected chi connectivity index (χ1v) is 4.00. The minimum atomic E-state index is -0.397. The lowest BCUT2D eigenvalue weighted by molar-refractivity contribution is 0.281. The van der Waals surface area contributed by atoms with E-state index >= 15 is 0 Å². The summed E-state index contributed by atoms with van der Waals surface area (Å²) in [6.07, 6.45) is 1.54. The normalized spacial score (nSPS) is 12.5. The molecule has 0 aromatic heterocycles. The maximum atomic E-state index is 9.42. The lowest BCUT2D eigenvalue weighted by Gasteiger charge is -2.10. The van der Waals surface area contributed by atoms with Gasteiger partial charge in [0.2, 0.25) is 0 Å². The number of hydrogen-bond acceptors (Lipinski definition) is 3. The van der Waals surface area contributed by atoms with E-state index in [0.29, 0.717) is 5.56 Å². The van der Waals surface area contributed by atoms with Crippen molar-refractivity contribution in [1.82, 2.24) is 0 Å². The standard InChI is InChI=1S/C10H13NO2/c1-2-9(11)8-5-7(6-12)3-4-10(8)13/h2-5,9,12-13H,1,6,11H2/t9-/m1/s1. The van der Waals surface area contributed by atoms with Crippen LogP contribution in [0.1, 0.15) is 17.2 Å². The summed E-state index contributed by atoms with van der Waals surface area (Å²) in [7, 11) is 0. The highest BCUT2D eigenvalue weighted by molar-refractivity contribution is 5.39. The molecule has 0 heterocycles. The summed E-state index contributed by atoms with van der Waals surface area (Å²) >= 11 is 0. The van der Waals surface area contributed by atoms with Crippen molar-refractivity contribution in [2.75, 3.05) is 0 Å². The number of rotatable bonds is 3. The average molecular weight is 179 g/mol. The molecular weight excluding hydrogens is 166 g/mol. The second kappa shape index (κ2) is 4.07. The number of phenolic OH excluding ortho intramolecular Hbond substituents is 1. The van der Waals surface area contributed by atoms with Crippen molar-refractivity contribution in [3.05, 3.63) is 42.0 Å². The molecule has 0 fully saturated rings. The molecule has 1 atom stereocenters. The molecule has 3 nitrogen and oxygen atoms in total. The van der Waals surface area contributed by atoms with Crippen molar-refractivity contribution in [2.45, 2.75) is 12.6 Å². The van der Waals surface area contributed by atoms with E-state index in [2.05, 4.69) is 6.58 Å². The lowest BCUT2D eigenvalue weighted by atomic mass is 10.0. The Kier molecular flexibility index (Phi) is 3.06. The number of aromatic hydroxyl groups is 1. The maximum Gasteiger partial charge on any atom is 0.120 e. The van der Waals surface area contributed by atoms with Gasteiger partial charge in [-0.3, -0.25) is 0 Å². The van der Waals surface area contributed by atoms with Gasteiger partial charge in [-0.1, -0.05) is 12.1 Å². The summed E-state index contributed by atoms with van der Waals surface area (Å²) in [4.78, 5) is 0. The van der Waals surface area contributed by atoms with Crippen LogP contribution in [0.3, 0.4) is 0 Å². The zero-order chi connectivity index (χ0) is 9.84. The summed E-state index contributed by atoms with van der Waals surface area (Å²) < 4.78 is 0. The predicted molar refractivity (Wildman–Crippen MR) is 51.2 cm³/mol. The van der Waals surface area contributed by atoms with E-state index < -0.39 is 6.04 Å². The van der Waals surface area contributed by atoms with E-state index in [0.717, 1.165) is 5.56 Å². The average Bonchev–Trinajstić information content (AvgIpc) is 2.17. The third-order valence-electron chi connectivity index (χ3n) is 1.89. The summed E-state index contributed by atoms with van der Waals surface area (Å²) in [6, 6.07) is 4.44. The minimum Gasteiger partial charge on any atom is -0.508 e. The molecule has 0 radical (unpaired) electrons. The molecule has 0 aliphatic heterocycles. The van der Waals surface area contributed by atoms with Crippen LogP contribution in [0.15, 0.2) is 30.9 Å². The van der Waals surface area contributed by atoms with Gasteiger partial charge in [-0.15, -0.1) is 6.58 Å². The van der Waals surface area contributed by atoms with Crippen LogP contribution >= 0.6 is 0 Å².